The topological polar surface area (TPSA) is 48.3 Å². The number of nitrogens with zero attached hydrogens (tertiary/aromatic N) is 1. The van der Waals surface area contributed by atoms with E-state index in [0.717, 1.165) is 16.8 Å². The number of aryl methyl sites for hydroxylation is 1. The molecule has 0 aliphatic rings. The molecule has 0 atom stereocenters. The Bertz CT molecular complexity index is 729. The molecule has 0 amide bonds. The average molecular weight is 271 g/mol. The molecule has 0 unspecified atom stereocenters. The maximum atomic E-state index is 12.2. The first kappa shape index (κ1) is 14.1. The highest BCUT2D eigenvalue weighted by molar-refractivity contribution is 5.94. The number of rotatable bonds is 3. The molecule has 1 aromatic heterocycles. The van der Waals surface area contributed by atoms with E-state index in [2.05, 4.69) is 0 Å². The predicted octanol–water partition coefficient (Wildman–Crippen LogP) is 2.57. The minimum atomic E-state index is -0.293. The highest BCUT2D eigenvalue weighted by Gasteiger charge is 2.13. The fraction of sp³-hybridized carbons (Fsp3) is 0.250. The molecule has 0 fully saturated rings. The highest BCUT2D eigenvalue weighted by Crippen LogP contribution is 2.29. The van der Waals surface area contributed by atoms with Gasteiger partial charge in [-0.2, -0.15) is 0 Å². The SMILES string of the molecule is COc1ccc(C)cc1-c1ccc(C(C)=O)c(=O)n1C. The zero-order chi connectivity index (χ0) is 14.9. The van der Waals surface area contributed by atoms with Crippen LogP contribution in [0.4, 0.5) is 0 Å². The Labute approximate surface area is 117 Å². The van der Waals surface area contributed by atoms with Crippen LogP contribution in [-0.4, -0.2) is 17.5 Å². The molecule has 20 heavy (non-hydrogen) atoms. The van der Waals surface area contributed by atoms with Gasteiger partial charge < -0.3 is 9.30 Å². The monoisotopic (exact) mass is 271 g/mol. The van der Waals surface area contributed by atoms with Crippen LogP contribution in [0.1, 0.15) is 22.8 Å². The van der Waals surface area contributed by atoms with Crippen molar-refractivity contribution < 1.29 is 9.53 Å². The normalized spacial score (nSPS) is 10.4. The van der Waals surface area contributed by atoms with Gasteiger partial charge in [0.1, 0.15) is 5.75 Å². The van der Waals surface area contributed by atoms with Crippen LogP contribution in [0, 0.1) is 6.92 Å². The third-order valence-corrected chi connectivity index (χ3v) is 3.31. The van der Waals surface area contributed by atoms with Crippen molar-refractivity contribution in [1.82, 2.24) is 4.57 Å². The summed E-state index contributed by atoms with van der Waals surface area (Å²) < 4.78 is 6.83. The minimum Gasteiger partial charge on any atom is -0.496 e. The third-order valence-electron chi connectivity index (χ3n) is 3.31. The minimum absolute atomic E-state index is 0.197. The Morgan fingerprint density at radius 2 is 1.90 bits per heavy atom. The molecule has 0 aliphatic heterocycles. The summed E-state index contributed by atoms with van der Waals surface area (Å²) in [6.45, 7) is 3.37. The summed E-state index contributed by atoms with van der Waals surface area (Å²) in [7, 11) is 3.25. The van der Waals surface area contributed by atoms with Crippen molar-refractivity contribution in [3.8, 4) is 17.0 Å². The fourth-order valence-corrected chi connectivity index (χ4v) is 2.20. The summed E-state index contributed by atoms with van der Waals surface area (Å²) in [6.07, 6.45) is 0. The molecule has 0 radical (unpaired) electrons. The van der Waals surface area contributed by atoms with E-state index in [1.54, 1.807) is 26.3 Å². The van der Waals surface area contributed by atoms with Crippen molar-refractivity contribution in [2.75, 3.05) is 7.11 Å². The summed E-state index contributed by atoms with van der Waals surface area (Å²) in [5, 5.41) is 0. The average Bonchev–Trinajstić information content (AvgIpc) is 2.41. The first-order valence-electron chi connectivity index (χ1n) is 6.31. The van der Waals surface area contributed by atoms with Gasteiger partial charge in [-0.3, -0.25) is 9.59 Å². The Kier molecular flexibility index (Phi) is 3.74. The standard InChI is InChI=1S/C16H17NO3/c1-10-5-8-15(20-4)13(9-10)14-7-6-12(11(2)18)16(19)17(14)3/h5-9H,1-4H3. The Morgan fingerprint density at radius 1 is 1.20 bits per heavy atom. The van der Waals surface area contributed by atoms with Gasteiger partial charge in [-0.1, -0.05) is 11.6 Å². The predicted molar refractivity (Wildman–Crippen MR) is 78.4 cm³/mol. The molecule has 2 rings (SSSR count). The van der Waals surface area contributed by atoms with Crippen molar-refractivity contribution in [3.63, 3.8) is 0 Å². The number of carbonyl (C=O) groups excluding carboxylic acids is 1. The number of benzene rings is 1. The van der Waals surface area contributed by atoms with Gasteiger partial charge in [0.05, 0.1) is 18.4 Å². The molecule has 0 saturated heterocycles. The number of hydrogen-bond donors (Lipinski definition) is 0. The van der Waals surface area contributed by atoms with Crippen molar-refractivity contribution in [2.24, 2.45) is 7.05 Å². The molecule has 0 bridgehead atoms. The summed E-state index contributed by atoms with van der Waals surface area (Å²) in [4.78, 5) is 23.6. The molecular weight excluding hydrogens is 254 g/mol. The van der Waals surface area contributed by atoms with Crippen LogP contribution in [0.3, 0.4) is 0 Å². The number of ether oxygens (including phenoxy) is 1. The molecule has 0 aliphatic carbocycles. The van der Waals surface area contributed by atoms with E-state index < -0.39 is 0 Å². The van der Waals surface area contributed by atoms with Crippen molar-refractivity contribution >= 4 is 5.78 Å². The van der Waals surface area contributed by atoms with E-state index in [4.69, 9.17) is 4.74 Å². The van der Waals surface area contributed by atoms with Gasteiger partial charge >= 0.3 is 0 Å². The van der Waals surface area contributed by atoms with Gasteiger partial charge in [0.25, 0.3) is 5.56 Å². The van der Waals surface area contributed by atoms with Crippen LogP contribution in [0.15, 0.2) is 35.1 Å². The first-order chi connectivity index (χ1) is 9.45. The lowest BCUT2D eigenvalue weighted by Crippen LogP contribution is -2.24. The number of Topliss-reactive ketones (excluding diaryl/α,β-unsaturated/α-hetero) is 1. The van der Waals surface area contributed by atoms with Crippen molar-refractivity contribution in [2.45, 2.75) is 13.8 Å². The van der Waals surface area contributed by atoms with Crippen LogP contribution < -0.4 is 10.3 Å². The van der Waals surface area contributed by atoms with Crippen LogP contribution in [0.25, 0.3) is 11.3 Å². The van der Waals surface area contributed by atoms with Crippen molar-refractivity contribution in [1.29, 1.82) is 0 Å². The molecule has 0 N–H and O–H groups in total. The summed E-state index contributed by atoms with van der Waals surface area (Å²) in [5.74, 6) is 0.467. The van der Waals surface area contributed by atoms with Gasteiger partial charge in [-0.05, 0) is 38.1 Å². The van der Waals surface area contributed by atoms with Crippen LogP contribution in [-0.2, 0) is 7.05 Å². The Hall–Kier alpha value is -2.36. The zero-order valence-corrected chi connectivity index (χ0v) is 12.1. The largest absolute Gasteiger partial charge is 0.496 e. The molecular formula is C16H17NO3. The molecule has 0 spiro atoms. The number of ketones is 1. The lowest BCUT2D eigenvalue weighted by atomic mass is 10.0. The maximum Gasteiger partial charge on any atom is 0.261 e. The second-order valence-electron chi connectivity index (χ2n) is 4.76. The first-order valence-corrected chi connectivity index (χ1v) is 6.31. The van der Waals surface area contributed by atoms with E-state index in [1.807, 2.05) is 25.1 Å². The van der Waals surface area contributed by atoms with E-state index >= 15 is 0 Å². The van der Waals surface area contributed by atoms with E-state index in [9.17, 15) is 9.59 Å². The number of aromatic nitrogens is 1. The van der Waals surface area contributed by atoms with Crippen molar-refractivity contribution in [3.05, 3.63) is 51.8 Å². The molecule has 104 valence electrons. The van der Waals surface area contributed by atoms with E-state index in [1.165, 1.54) is 11.5 Å². The maximum absolute atomic E-state index is 12.2. The number of carbonyl (C=O) groups is 1. The van der Waals surface area contributed by atoms with Crippen LogP contribution in [0.2, 0.25) is 0 Å². The lowest BCUT2D eigenvalue weighted by Gasteiger charge is -2.13. The molecule has 4 nitrogen and oxygen atoms in total. The molecule has 1 aromatic carbocycles. The molecule has 4 heteroatoms. The van der Waals surface area contributed by atoms with Crippen LogP contribution in [0.5, 0.6) is 5.75 Å². The number of methoxy groups -OCH3 is 1. The summed E-state index contributed by atoms with van der Waals surface area (Å²) in [5.41, 5.74) is 2.54. The molecule has 0 saturated carbocycles. The second-order valence-corrected chi connectivity index (χ2v) is 4.76. The van der Waals surface area contributed by atoms with Gasteiger partial charge in [-0.15, -0.1) is 0 Å². The summed E-state index contributed by atoms with van der Waals surface area (Å²) >= 11 is 0. The fourth-order valence-electron chi connectivity index (χ4n) is 2.20. The smallest absolute Gasteiger partial charge is 0.261 e. The molecule has 2 aromatic rings. The van der Waals surface area contributed by atoms with E-state index in [-0.39, 0.29) is 16.9 Å². The second kappa shape index (κ2) is 5.33. The van der Waals surface area contributed by atoms with Gasteiger partial charge in [0.15, 0.2) is 5.78 Å². The van der Waals surface area contributed by atoms with Gasteiger partial charge in [-0.25, -0.2) is 0 Å². The van der Waals surface area contributed by atoms with Crippen LogP contribution >= 0.6 is 0 Å². The number of pyridine rings is 1. The third kappa shape index (κ3) is 2.37. The Morgan fingerprint density at radius 3 is 2.50 bits per heavy atom. The zero-order valence-electron chi connectivity index (χ0n) is 12.1. The Balaban J connectivity index is 2.72. The summed E-state index contributed by atoms with van der Waals surface area (Å²) in [6, 6.07) is 9.12. The lowest BCUT2D eigenvalue weighted by molar-refractivity contribution is 0.101. The molecule has 1 heterocycles. The quantitative estimate of drug-likeness (QED) is 0.806. The van der Waals surface area contributed by atoms with E-state index in [0.29, 0.717) is 5.75 Å². The number of hydrogen-bond acceptors (Lipinski definition) is 3. The van der Waals surface area contributed by atoms with Gasteiger partial charge in [0, 0.05) is 12.6 Å². The van der Waals surface area contributed by atoms with Gasteiger partial charge in [0.2, 0.25) is 0 Å². The highest BCUT2D eigenvalue weighted by atomic mass is 16.5.